The number of carbonyl (C=O) groups excluding carboxylic acids is 1. The first kappa shape index (κ1) is 18.9. The smallest absolute Gasteiger partial charge is 0.319 e. The molecular formula is C20H28N4OS. The van der Waals surface area contributed by atoms with E-state index in [0.29, 0.717) is 0 Å². The fourth-order valence-corrected chi connectivity index (χ4v) is 4.50. The van der Waals surface area contributed by atoms with Crippen LogP contribution in [0, 0.1) is 0 Å². The summed E-state index contributed by atoms with van der Waals surface area (Å²) in [4.78, 5) is 18.7. The molecule has 26 heavy (non-hydrogen) atoms. The third kappa shape index (κ3) is 4.84. The van der Waals surface area contributed by atoms with Gasteiger partial charge in [-0.15, -0.1) is 11.3 Å². The Morgan fingerprint density at radius 2 is 1.85 bits per heavy atom. The molecule has 5 nitrogen and oxygen atoms in total. The van der Waals surface area contributed by atoms with Crippen LogP contribution in [0.25, 0.3) is 0 Å². The van der Waals surface area contributed by atoms with Crippen LogP contribution in [0.15, 0.2) is 47.8 Å². The Hall–Kier alpha value is -1.89. The van der Waals surface area contributed by atoms with Crippen molar-refractivity contribution in [3.63, 3.8) is 0 Å². The molecule has 140 valence electrons. The van der Waals surface area contributed by atoms with Crippen LogP contribution in [0.3, 0.4) is 0 Å². The van der Waals surface area contributed by atoms with Crippen molar-refractivity contribution in [3.05, 3.63) is 52.7 Å². The van der Waals surface area contributed by atoms with Crippen LogP contribution < -0.4 is 10.6 Å². The number of carbonyl (C=O) groups is 1. The van der Waals surface area contributed by atoms with Crippen molar-refractivity contribution in [2.45, 2.75) is 25.9 Å². The molecule has 2 N–H and O–H groups in total. The summed E-state index contributed by atoms with van der Waals surface area (Å²) in [6.07, 6.45) is 0. The SMILES string of the molecule is CCN1CCN(C(c2cccs2)C(C)NC(=O)Nc2ccccc2)CC1. The first-order chi connectivity index (χ1) is 12.7. The van der Waals surface area contributed by atoms with Gasteiger partial charge < -0.3 is 15.5 Å². The van der Waals surface area contributed by atoms with Crippen molar-refractivity contribution in [2.24, 2.45) is 0 Å². The molecule has 2 unspecified atom stereocenters. The van der Waals surface area contributed by atoms with Gasteiger partial charge in [0.15, 0.2) is 0 Å². The maximum Gasteiger partial charge on any atom is 0.319 e. The van der Waals surface area contributed by atoms with Gasteiger partial charge in [-0.25, -0.2) is 4.79 Å². The molecule has 1 aromatic heterocycles. The fraction of sp³-hybridized carbons (Fsp3) is 0.450. The number of anilines is 1. The predicted molar refractivity (Wildman–Crippen MR) is 109 cm³/mol. The summed E-state index contributed by atoms with van der Waals surface area (Å²) in [6, 6.07) is 13.9. The molecule has 0 aliphatic carbocycles. The average Bonchev–Trinajstić information content (AvgIpc) is 3.17. The van der Waals surface area contributed by atoms with Gasteiger partial charge in [0.25, 0.3) is 0 Å². The number of nitrogens with zero attached hydrogens (tertiary/aromatic N) is 2. The molecule has 2 heterocycles. The molecule has 3 rings (SSSR count). The summed E-state index contributed by atoms with van der Waals surface area (Å²) in [5.41, 5.74) is 0.807. The molecule has 1 fully saturated rings. The van der Waals surface area contributed by atoms with Gasteiger partial charge in [-0.05, 0) is 37.0 Å². The highest BCUT2D eigenvalue weighted by atomic mass is 32.1. The van der Waals surface area contributed by atoms with Crippen LogP contribution in [0.2, 0.25) is 0 Å². The van der Waals surface area contributed by atoms with Crippen LogP contribution in [0.1, 0.15) is 24.8 Å². The molecule has 1 aliphatic rings. The number of amides is 2. The average molecular weight is 373 g/mol. The number of benzene rings is 1. The Kier molecular flexibility index (Phi) is 6.66. The highest BCUT2D eigenvalue weighted by Crippen LogP contribution is 2.29. The maximum absolute atomic E-state index is 12.4. The van der Waals surface area contributed by atoms with Gasteiger partial charge in [-0.3, -0.25) is 4.90 Å². The van der Waals surface area contributed by atoms with Gasteiger partial charge in [0.05, 0.1) is 6.04 Å². The second kappa shape index (κ2) is 9.16. The predicted octanol–water partition coefficient (Wildman–Crippen LogP) is 3.64. The number of thiophene rings is 1. The van der Waals surface area contributed by atoms with E-state index in [1.165, 1.54) is 4.88 Å². The largest absolute Gasteiger partial charge is 0.333 e. The summed E-state index contributed by atoms with van der Waals surface area (Å²) < 4.78 is 0. The van der Waals surface area contributed by atoms with Crippen molar-refractivity contribution in [1.29, 1.82) is 0 Å². The van der Waals surface area contributed by atoms with Crippen LogP contribution in [0.5, 0.6) is 0 Å². The van der Waals surface area contributed by atoms with E-state index in [-0.39, 0.29) is 18.1 Å². The van der Waals surface area contributed by atoms with E-state index in [0.717, 1.165) is 38.4 Å². The second-order valence-corrected chi connectivity index (χ2v) is 7.66. The summed E-state index contributed by atoms with van der Waals surface area (Å²) in [5, 5.41) is 8.17. The van der Waals surface area contributed by atoms with Crippen LogP contribution in [-0.4, -0.2) is 54.6 Å². The Morgan fingerprint density at radius 3 is 2.46 bits per heavy atom. The third-order valence-electron chi connectivity index (χ3n) is 4.95. The number of urea groups is 1. The summed E-state index contributed by atoms with van der Waals surface area (Å²) in [5.74, 6) is 0. The van der Waals surface area contributed by atoms with E-state index in [2.05, 4.69) is 51.8 Å². The molecule has 1 aliphatic heterocycles. The number of hydrogen-bond acceptors (Lipinski definition) is 4. The van der Waals surface area contributed by atoms with Gasteiger partial charge in [-0.1, -0.05) is 31.2 Å². The summed E-state index contributed by atoms with van der Waals surface area (Å²) in [6.45, 7) is 9.64. The van der Waals surface area contributed by atoms with Gasteiger partial charge in [0.2, 0.25) is 0 Å². The van der Waals surface area contributed by atoms with Crippen molar-refractivity contribution < 1.29 is 4.79 Å². The van der Waals surface area contributed by atoms with Crippen molar-refractivity contribution >= 4 is 23.1 Å². The Balaban J connectivity index is 1.65. The molecule has 2 amide bonds. The second-order valence-electron chi connectivity index (χ2n) is 6.68. The standard InChI is InChI=1S/C20H28N4OS/c1-3-23-11-13-24(14-12-23)19(18-10-7-15-26-18)16(2)21-20(25)22-17-8-5-4-6-9-17/h4-10,15-16,19H,3,11-14H2,1-2H3,(H2,21,22,25). The summed E-state index contributed by atoms with van der Waals surface area (Å²) >= 11 is 1.76. The van der Waals surface area contributed by atoms with E-state index in [1.807, 2.05) is 30.3 Å². The zero-order valence-electron chi connectivity index (χ0n) is 15.5. The lowest BCUT2D eigenvalue weighted by molar-refractivity contribution is 0.0868. The number of likely N-dealkylation sites (N-methyl/N-ethyl adjacent to an activating group) is 1. The molecule has 0 bridgehead atoms. The highest BCUT2D eigenvalue weighted by Gasteiger charge is 2.30. The Morgan fingerprint density at radius 1 is 1.12 bits per heavy atom. The van der Waals surface area contributed by atoms with E-state index in [9.17, 15) is 4.79 Å². The lowest BCUT2D eigenvalue weighted by atomic mass is 10.0. The first-order valence-corrected chi connectivity index (χ1v) is 10.2. The monoisotopic (exact) mass is 372 g/mol. The number of nitrogens with one attached hydrogen (secondary N) is 2. The van der Waals surface area contributed by atoms with E-state index < -0.39 is 0 Å². The van der Waals surface area contributed by atoms with E-state index in [1.54, 1.807) is 11.3 Å². The zero-order valence-corrected chi connectivity index (χ0v) is 16.3. The Bertz CT molecular complexity index is 668. The minimum Gasteiger partial charge on any atom is -0.333 e. The van der Waals surface area contributed by atoms with Gasteiger partial charge in [0, 0.05) is 42.8 Å². The van der Waals surface area contributed by atoms with Gasteiger partial charge in [-0.2, -0.15) is 0 Å². The molecule has 0 saturated carbocycles. The molecule has 0 spiro atoms. The van der Waals surface area contributed by atoms with Gasteiger partial charge in [0.1, 0.15) is 0 Å². The number of rotatable bonds is 6. The molecule has 1 saturated heterocycles. The minimum absolute atomic E-state index is 0.0190. The molecule has 2 aromatic rings. The van der Waals surface area contributed by atoms with Crippen LogP contribution >= 0.6 is 11.3 Å². The topological polar surface area (TPSA) is 47.6 Å². The van der Waals surface area contributed by atoms with Gasteiger partial charge >= 0.3 is 6.03 Å². The number of hydrogen-bond donors (Lipinski definition) is 2. The number of piperazine rings is 1. The number of para-hydroxylation sites is 1. The molecular weight excluding hydrogens is 344 g/mol. The lowest BCUT2D eigenvalue weighted by Crippen LogP contribution is -2.52. The highest BCUT2D eigenvalue weighted by molar-refractivity contribution is 7.10. The van der Waals surface area contributed by atoms with Crippen molar-refractivity contribution in [1.82, 2.24) is 15.1 Å². The third-order valence-corrected chi connectivity index (χ3v) is 5.89. The zero-order chi connectivity index (χ0) is 18.4. The Labute approximate surface area is 160 Å². The van der Waals surface area contributed by atoms with E-state index in [4.69, 9.17) is 0 Å². The molecule has 1 aromatic carbocycles. The minimum atomic E-state index is -0.155. The van der Waals surface area contributed by atoms with Crippen LogP contribution in [0.4, 0.5) is 10.5 Å². The quantitative estimate of drug-likeness (QED) is 0.814. The van der Waals surface area contributed by atoms with Crippen molar-refractivity contribution in [3.8, 4) is 0 Å². The molecule has 6 heteroatoms. The maximum atomic E-state index is 12.4. The van der Waals surface area contributed by atoms with Crippen LogP contribution in [-0.2, 0) is 0 Å². The fourth-order valence-electron chi connectivity index (χ4n) is 3.53. The van der Waals surface area contributed by atoms with E-state index >= 15 is 0 Å². The lowest BCUT2D eigenvalue weighted by Gasteiger charge is -2.41. The molecule has 0 radical (unpaired) electrons. The summed E-state index contributed by atoms with van der Waals surface area (Å²) in [7, 11) is 0. The normalized spacial score (nSPS) is 18.2. The van der Waals surface area contributed by atoms with Crippen molar-refractivity contribution in [2.75, 3.05) is 38.0 Å². The first-order valence-electron chi connectivity index (χ1n) is 9.29. The molecule has 2 atom stereocenters.